The van der Waals surface area contributed by atoms with Gasteiger partial charge in [0.15, 0.2) is 0 Å². The van der Waals surface area contributed by atoms with Gasteiger partial charge >= 0.3 is 0 Å². The molecule has 0 heterocycles. The van der Waals surface area contributed by atoms with Gasteiger partial charge in [0, 0.05) is 5.70 Å². The third-order valence-corrected chi connectivity index (χ3v) is 2.73. The van der Waals surface area contributed by atoms with Crippen LogP contribution in [-0.2, 0) is 0 Å². The molecular formula is C14H31NO. The van der Waals surface area contributed by atoms with E-state index in [1.54, 1.807) is 0 Å². The highest BCUT2D eigenvalue weighted by atomic mass is 16.3. The Morgan fingerprint density at radius 3 is 1.81 bits per heavy atom. The van der Waals surface area contributed by atoms with Gasteiger partial charge < -0.3 is 10.8 Å². The van der Waals surface area contributed by atoms with E-state index in [0.29, 0.717) is 5.70 Å². The van der Waals surface area contributed by atoms with Gasteiger partial charge in [-0.15, -0.1) is 0 Å². The van der Waals surface area contributed by atoms with E-state index in [0.717, 1.165) is 12.8 Å². The van der Waals surface area contributed by atoms with Crippen molar-refractivity contribution >= 4 is 0 Å². The van der Waals surface area contributed by atoms with Gasteiger partial charge in [-0.1, -0.05) is 60.0 Å². The SMILES string of the molecule is C1CCC1.C=C(N)C(C)C[C@@H](O)CC.CC. The predicted octanol–water partition coefficient (Wildman–Crippen LogP) is 3.84. The largest absolute Gasteiger partial charge is 0.402 e. The van der Waals surface area contributed by atoms with Gasteiger partial charge in [-0.2, -0.15) is 0 Å². The Balaban J connectivity index is 0. The lowest BCUT2D eigenvalue weighted by molar-refractivity contribution is 0.147. The van der Waals surface area contributed by atoms with Crippen LogP contribution in [0.25, 0.3) is 0 Å². The summed E-state index contributed by atoms with van der Waals surface area (Å²) in [7, 11) is 0. The average molecular weight is 229 g/mol. The monoisotopic (exact) mass is 229 g/mol. The molecule has 1 rings (SSSR count). The molecule has 2 atom stereocenters. The van der Waals surface area contributed by atoms with Crippen molar-refractivity contribution in [2.24, 2.45) is 11.7 Å². The normalized spacial score (nSPS) is 16.6. The first kappa shape index (κ1) is 17.9. The lowest BCUT2D eigenvalue weighted by atomic mass is 10.00. The smallest absolute Gasteiger partial charge is 0.0543 e. The molecule has 0 saturated heterocycles. The van der Waals surface area contributed by atoms with Crippen molar-refractivity contribution in [2.45, 2.75) is 72.3 Å². The molecule has 1 saturated carbocycles. The van der Waals surface area contributed by atoms with E-state index in [2.05, 4.69) is 6.58 Å². The van der Waals surface area contributed by atoms with E-state index >= 15 is 0 Å². The lowest BCUT2D eigenvalue weighted by Gasteiger charge is -2.13. The molecule has 0 aromatic rings. The minimum Gasteiger partial charge on any atom is -0.402 e. The topological polar surface area (TPSA) is 46.2 Å². The van der Waals surface area contributed by atoms with Gasteiger partial charge in [0.05, 0.1) is 6.10 Å². The number of aliphatic hydroxyl groups excluding tert-OH is 1. The molecule has 1 unspecified atom stereocenters. The van der Waals surface area contributed by atoms with E-state index in [1.807, 2.05) is 27.7 Å². The van der Waals surface area contributed by atoms with Crippen molar-refractivity contribution < 1.29 is 5.11 Å². The van der Waals surface area contributed by atoms with Gasteiger partial charge in [0.2, 0.25) is 0 Å². The molecule has 2 nitrogen and oxygen atoms in total. The summed E-state index contributed by atoms with van der Waals surface area (Å²) in [5.74, 6) is 0.231. The van der Waals surface area contributed by atoms with Crippen LogP contribution < -0.4 is 5.73 Å². The number of hydrogen-bond acceptors (Lipinski definition) is 2. The Morgan fingerprint density at radius 1 is 1.25 bits per heavy atom. The fraction of sp³-hybridized carbons (Fsp3) is 0.857. The van der Waals surface area contributed by atoms with Crippen molar-refractivity contribution in [1.82, 2.24) is 0 Å². The van der Waals surface area contributed by atoms with Crippen LogP contribution >= 0.6 is 0 Å². The summed E-state index contributed by atoms with van der Waals surface area (Å²) >= 11 is 0. The molecule has 0 bridgehead atoms. The summed E-state index contributed by atoms with van der Waals surface area (Å²) < 4.78 is 0. The molecule has 0 spiro atoms. The zero-order valence-corrected chi connectivity index (χ0v) is 11.6. The Kier molecular flexibility index (Phi) is 14.0. The third-order valence-electron chi connectivity index (χ3n) is 2.73. The highest BCUT2D eigenvalue weighted by Gasteiger charge is 2.08. The summed E-state index contributed by atoms with van der Waals surface area (Å²) in [5, 5.41) is 9.18. The van der Waals surface area contributed by atoms with Crippen molar-refractivity contribution in [2.75, 3.05) is 0 Å². The maximum atomic E-state index is 9.18. The number of hydrogen-bond donors (Lipinski definition) is 2. The Labute approximate surface area is 102 Å². The molecule has 16 heavy (non-hydrogen) atoms. The second-order valence-electron chi connectivity index (χ2n) is 4.19. The maximum absolute atomic E-state index is 9.18. The van der Waals surface area contributed by atoms with Crippen molar-refractivity contribution in [1.29, 1.82) is 0 Å². The molecule has 2 heteroatoms. The maximum Gasteiger partial charge on any atom is 0.0543 e. The quantitative estimate of drug-likeness (QED) is 0.769. The van der Waals surface area contributed by atoms with Crippen LogP contribution in [0.1, 0.15) is 66.2 Å². The minimum atomic E-state index is -0.227. The van der Waals surface area contributed by atoms with Crippen LogP contribution in [-0.4, -0.2) is 11.2 Å². The fourth-order valence-electron chi connectivity index (χ4n) is 0.976. The Bertz CT molecular complexity index is 149. The van der Waals surface area contributed by atoms with E-state index in [9.17, 15) is 5.11 Å². The van der Waals surface area contributed by atoms with Crippen LogP contribution in [0.15, 0.2) is 12.3 Å². The van der Waals surface area contributed by atoms with E-state index in [-0.39, 0.29) is 12.0 Å². The summed E-state index contributed by atoms with van der Waals surface area (Å²) in [6.45, 7) is 11.5. The second kappa shape index (κ2) is 12.6. The van der Waals surface area contributed by atoms with Gasteiger partial charge in [-0.25, -0.2) is 0 Å². The van der Waals surface area contributed by atoms with Gasteiger partial charge in [-0.05, 0) is 18.8 Å². The number of aliphatic hydroxyl groups is 1. The number of rotatable bonds is 4. The first-order valence-corrected chi connectivity index (χ1v) is 6.70. The molecule has 1 aliphatic carbocycles. The lowest BCUT2D eigenvalue weighted by Crippen LogP contribution is -2.15. The highest BCUT2D eigenvalue weighted by Crippen LogP contribution is 2.15. The Morgan fingerprint density at radius 2 is 1.62 bits per heavy atom. The minimum absolute atomic E-state index is 0.227. The first-order chi connectivity index (χ1) is 7.57. The van der Waals surface area contributed by atoms with Crippen LogP contribution in [0.3, 0.4) is 0 Å². The molecule has 98 valence electrons. The summed E-state index contributed by atoms with van der Waals surface area (Å²) in [4.78, 5) is 0. The van der Waals surface area contributed by atoms with Gasteiger partial charge in [0.25, 0.3) is 0 Å². The van der Waals surface area contributed by atoms with E-state index in [4.69, 9.17) is 5.73 Å². The van der Waals surface area contributed by atoms with Crippen molar-refractivity contribution in [3.8, 4) is 0 Å². The van der Waals surface area contributed by atoms with Crippen LogP contribution in [0, 0.1) is 5.92 Å². The second-order valence-corrected chi connectivity index (χ2v) is 4.19. The average Bonchev–Trinajstić information content (AvgIpc) is 2.18. The summed E-state index contributed by atoms with van der Waals surface area (Å²) in [5.41, 5.74) is 6.09. The van der Waals surface area contributed by atoms with E-state index < -0.39 is 0 Å². The van der Waals surface area contributed by atoms with E-state index in [1.165, 1.54) is 25.7 Å². The molecule has 1 aliphatic rings. The standard InChI is InChI=1S/C8H17NO.C4H8.C2H6/c1-4-8(10)5-6(2)7(3)9;1-2-4-3-1;1-2/h6,8,10H,3-5,9H2,1-2H3;1-4H2;1-2H3/t6?,8-;;/m0../s1. The molecule has 0 aromatic heterocycles. The predicted molar refractivity (Wildman–Crippen MR) is 73.2 cm³/mol. The Hall–Kier alpha value is -0.500. The summed E-state index contributed by atoms with van der Waals surface area (Å²) in [6.07, 6.45) is 7.29. The number of nitrogens with two attached hydrogens (primary N) is 1. The molecule has 0 aromatic carbocycles. The van der Waals surface area contributed by atoms with Gasteiger partial charge in [0.1, 0.15) is 0 Å². The van der Waals surface area contributed by atoms with Crippen molar-refractivity contribution in [3.63, 3.8) is 0 Å². The molecule has 1 fully saturated rings. The van der Waals surface area contributed by atoms with Crippen LogP contribution in [0.5, 0.6) is 0 Å². The first-order valence-electron chi connectivity index (χ1n) is 6.70. The molecule has 3 N–H and O–H groups in total. The zero-order chi connectivity index (χ0) is 13.0. The zero-order valence-electron chi connectivity index (χ0n) is 11.6. The van der Waals surface area contributed by atoms with Gasteiger partial charge in [-0.3, -0.25) is 0 Å². The molecule has 0 aliphatic heterocycles. The highest BCUT2D eigenvalue weighted by molar-refractivity contribution is 4.92. The molecule has 0 amide bonds. The van der Waals surface area contributed by atoms with Crippen molar-refractivity contribution in [3.05, 3.63) is 12.3 Å². The number of allylic oxidation sites excluding steroid dienone is 1. The van der Waals surface area contributed by atoms with Crippen LogP contribution in [0.4, 0.5) is 0 Å². The fourth-order valence-corrected chi connectivity index (χ4v) is 0.976. The third kappa shape index (κ3) is 11.6. The van der Waals surface area contributed by atoms with Crippen LogP contribution in [0.2, 0.25) is 0 Å². The summed E-state index contributed by atoms with van der Waals surface area (Å²) in [6, 6.07) is 0. The molecule has 0 radical (unpaired) electrons. The molecular weight excluding hydrogens is 198 g/mol.